The molecule has 4 nitrogen and oxygen atoms in total. The van der Waals surface area contributed by atoms with Gasteiger partial charge in [0.15, 0.2) is 0 Å². The van der Waals surface area contributed by atoms with Crippen molar-refractivity contribution in [2.75, 3.05) is 13.1 Å². The predicted molar refractivity (Wildman–Crippen MR) is 106 cm³/mol. The Labute approximate surface area is 161 Å². The summed E-state index contributed by atoms with van der Waals surface area (Å²) in [5, 5.41) is 6.27. The first-order chi connectivity index (χ1) is 12.2. The summed E-state index contributed by atoms with van der Waals surface area (Å²) in [6.45, 7) is 5.64. The molecule has 1 aliphatic heterocycles. The minimum absolute atomic E-state index is 0. The van der Waals surface area contributed by atoms with Crippen LogP contribution in [0.25, 0.3) is 0 Å². The molecule has 5 heteroatoms. The minimum atomic E-state index is 0. The second-order valence-corrected chi connectivity index (χ2v) is 6.72. The Morgan fingerprint density at radius 3 is 2.42 bits per heavy atom. The van der Waals surface area contributed by atoms with Gasteiger partial charge in [-0.15, -0.1) is 12.4 Å². The number of ether oxygens (including phenoxy) is 1. The van der Waals surface area contributed by atoms with Crippen molar-refractivity contribution in [1.82, 2.24) is 10.6 Å². The van der Waals surface area contributed by atoms with Gasteiger partial charge >= 0.3 is 0 Å². The van der Waals surface area contributed by atoms with E-state index in [1.54, 1.807) is 0 Å². The molecule has 1 fully saturated rings. The number of nitrogens with one attached hydrogen (secondary N) is 2. The van der Waals surface area contributed by atoms with Crippen LogP contribution in [0.5, 0.6) is 0 Å². The zero-order valence-corrected chi connectivity index (χ0v) is 15.9. The number of halogens is 1. The standard InChI is InChI=1S/C21H26N2O2.ClH/c1-16(20-12-22-13-20)21(24)23-11-18-8-5-9-19(10-18)15-25-14-17-6-3-2-4-7-17;/h2-10,16,20,22H,11-15H2,1H3,(H,23,24);1H. The first kappa shape index (κ1) is 20.4. The maximum absolute atomic E-state index is 12.2. The molecule has 1 unspecified atom stereocenters. The van der Waals surface area contributed by atoms with E-state index in [-0.39, 0.29) is 24.2 Å². The Morgan fingerprint density at radius 1 is 1.08 bits per heavy atom. The van der Waals surface area contributed by atoms with Crippen LogP contribution < -0.4 is 10.6 Å². The molecule has 1 saturated heterocycles. The van der Waals surface area contributed by atoms with Crippen LogP contribution in [0.2, 0.25) is 0 Å². The summed E-state index contributed by atoms with van der Waals surface area (Å²) < 4.78 is 5.78. The van der Waals surface area contributed by atoms with Crippen LogP contribution >= 0.6 is 12.4 Å². The molecule has 26 heavy (non-hydrogen) atoms. The van der Waals surface area contributed by atoms with Gasteiger partial charge in [-0.25, -0.2) is 0 Å². The summed E-state index contributed by atoms with van der Waals surface area (Å²) >= 11 is 0. The quantitative estimate of drug-likeness (QED) is 0.745. The molecular weight excluding hydrogens is 348 g/mol. The maximum atomic E-state index is 12.2. The molecule has 1 atom stereocenters. The molecule has 2 N–H and O–H groups in total. The largest absolute Gasteiger partial charge is 0.372 e. The lowest BCUT2D eigenvalue weighted by molar-refractivity contribution is -0.126. The Bertz CT molecular complexity index is 689. The van der Waals surface area contributed by atoms with Gasteiger partial charge < -0.3 is 15.4 Å². The van der Waals surface area contributed by atoms with E-state index in [1.165, 1.54) is 5.56 Å². The number of carbonyl (C=O) groups is 1. The van der Waals surface area contributed by atoms with Crippen molar-refractivity contribution in [3.8, 4) is 0 Å². The Morgan fingerprint density at radius 2 is 1.73 bits per heavy atom. The number of carbonyl (C=O) groups excluding carboxylic acids is 1. The van der Waals surface area contributed by atoms with E-state index in [1.807, 2.05) is 37.3 Å². The van der Waals surface area contributed by atoms with Crippen molar-refractivity contribution < 1.29 is 9.53 Å². The van der Waals surface area contributed by atoms with Crippen LogP contribution in [0.1, 0.15) is 23.6 Å². The van der Waals surface area contributed by atoms with E-state index in [4.69, 9.17) is 4.74 Å². The third kappa shape index (κ3) is 5.84. The smallest absolute Gasteiger partial charge is 0.223 e. The number of hydrogen-bond donors (Lipinski definition) is 2. The molecule has 1 heterocycles. The van der Waals surface area contributed by atoms with Gasteiger partial charge in [-0.2, -0.15) is 0 Å². The molecule has 0 aliphatic carbocycles. The molecule has 0 bridgehead atoms. The van der Waals surface area contributed by atoms with Gasteiger partial charge in [0.05, 0.1) is 13.2 Å². The Hall–Kier alpha value is -1.88. The Balaban J connectivity index is 0.00000243. The summed E-state index contributed by atoms with van der Waals surface area (Å²) in [6.07, 6.45) is 0. The van der Waals surface area contributed by atoms with E-state index in [0.29, 0.717) is 25.7 Å². The molecule has 1 amide bonds. The lowest BCUT2D eigenvalue weighted by atomic mass is 9.88. The topological polar surface area (TPSA) is 50.4 Å². The highest BCUT2D eigenvalue weighted by Crippen LogP contribution is 2.16. The van der Waals surface area contributed by atoms with E-state index in [0.717, 1.165) is 24.2 Å². The molecule has 0 spiro atoms. The van der Waals surface area contributed by atoms with Crippen LogP contribution in [-0.2, 0) is 29.3 Å². The number of rotatable bonds is 8. The molecular formula is C21H27ClN2O2. The van der Waals surface area contributed by atoms with Crippen molar-refractivity contribution in [2.24, 2.45) is 11.8 Å². The first-order valence-corrected chi connectivity index (χ1v) is 8.90. The highest BCUT2D eigenvalue weighted by atomic mass is 35.5. The molecule has 3 rings (SSSR count). The van der Waals surface area contributed by atoms with Crippen molar-refractivity contribution in [2.45, 2.75) is 26.7 Å². The third-order valence-corrected chi connectivity index (χ3v) is 4.77. The van der Waals surface area contributed by atoms with Crippen LogP contribution in [-0.4, -0.2) is 19.0 Å². The summed E-state index contributed by atoms with van der Waals surface area (Å²) in [6, 6.07) is 18.4. The highest BCUT2D eigenvalue weighted by molar-refractivity contribution is 5.85. The molecule has 2 aromatic rings. The number of benzene rings is 2. The number of hydrogen-bond acceptors (Lipinski definition) is 3. The van der Waals surface area contributed by atoms with Gasteiger partial charge in [0.1, 0.15) is 0 Å². The molecule has 2 aromatic carbocycles. The lowest BCUT2D eigenvalue weighted by Crippen LogP contribution is -2.49. The van der Waals surface area contributed by atoms with Gasteiger partial charge in [-0.05, 0) is 35.7 Å². The lowest BCUT2D eigenvalue weighted by Gasteiger charge is -2.31. The normalized spacial score (nSPS) is 14.8. The van der Waals surface area contributed by atoms with Crippen LogP contribution in [0.15, 0.2) is 54.6 Å². The average Bonchev–Trinajstić information content (AvgIpc) is 2.59. The fourth-order valence-corrected chi connectivity index (χ4v) is 2.92. The van der Waals surface area contributed by atoms with Crippen LogP contribution in [0, 0.1) is 11.8 Å². The van der Waals surface area contributed by atoms with Gasteiger partial charge in [0.2, 0.25) is 5.91 Å². The minimum Gasteiger partial charge on any atom is -0.372 e. The van der Waals surface area contributed by atoms with E-state index in [9.17, 15) is 4.79 Å². The summed E-state index contributed by atoms with van der Waals surface area (Å²) in [4.78, 5) is 12.2. The van der Waals surface area contributed by atoms with Crippen LogP contribution in [0.3, 0.4) is 0 Å². The fraction of sp³-hybridized carbons (Fsp3) is 0.381. The predicted octanol–water partition coefficient (Wildman–Crippen LogP) is 3.30. The third-order valence-electron chi connectivity index (χ3n) is 4.77. The van der Waals surface area contributed by atoms with Crippen molar-refractivity contribution in [3.05, 3.63) is 71.3 Å². The second kappa shape index (κ2) is 10.3. The van der Waals surface area contributed by atoms with E-state index < -0.39 is 0 Å². The Kier molecular flexibility index (Phi) is 8.10. The monoisotopic (exact) mass is 374 g/mol. The first-order valence-electron chi connectivity index (χ1n) is 8.90. The summed E-state index contributed by atoms with van der Waals surface area (Å²) in [7, 11) is 0. The van der Waals surface area contributed by atoms with Crippen molar-refractivity contribution >= 4 is 18.3 Å². The maximum Gasteiger partial charge on any atom is 0.223 e. The molecule has 140 valence electrons. The molecule has 1 aliphatic rings. The highest BCUT2D eigenvalue weighted by Gasteiger charge is 2.28. The van der Waals surface area contributed by atoms with Gasteiger partial charge in [-0.3, -0.25) is 4.79 Å². The summed E-state index contributed by atoms with van der Waals surface area (Å²) in [5.74, 6) is 0.675. The zero-order chi connectivity index (χ0) is 17.5. The zero-order valence-electron chi connectivity index (χ0n) is 15.1. The molecule has 0 radical (unpaired) electrons. The second-order valence-electron chi connectivity index (χ2n) is 6.72. The van der Waals surface area contributed by atoms with Crippen molar-refractivity contribution in [3.63, 3.8) is 0 Å². The van der Waals surface area contributed by atoms with E-state index in [2.05, 4.69) is 34.9 Å². The van der Waals surface area contributed by atoms with Gasteiger partial charge in [-0.1, -0.05) is 61.5 Å². The molecule has 0 aromatic heterocycles. The van der Waals surface area contributed by atoms with Gasteiger partial charge in [0, 0.05) is 12.5 Å². The molecule has 0 saturated carbocycles. The van der Waals surface area contributed by atoms with Gasteiger partial charge in [0.25, 0.3) is 0 Å². The van der Waals surface area contributed by atoms with Crippen molar-refractivity contribution in [1.29, 1.82) is 0 Å². The SMILES string of the molecule is CC(C(=O)NCc1cccc(COCc2ccccc2)c1)C1CNC1.Cl. The van der Waals surface area contributed by atoms with E-state index >= 15 is 0 Å². The summed E-state index contributed by atoms with van der Waals surface area (Å²) in [5.41, 5.74) is 3.40. The fourth-order valence-electron chi connectivity index (χ4n) is 2.92. The average molecular weight is 375 g/mol. The van der Waals surface area contributed by atoms with Crippen LogP contribution in [0.4, 0.5) is 0 Å². The number of amides is 1.